The molecule has 7 rings (SSSR count). The molecule has 0 heterocycles. The highest BCUT2D eigenvalue weighted by Crippen LogP contribution is 2.56. The van der Waals surface area contributed by atoms with Crippen LogP contribution < -0.4 is 0 Å². The van der Waals surface area contributed by atoms with Gasteiger partial charge in [-0.05, 0) is 80.1 Å². The first-order chi connectivity index (χ1) is 20.2. The Morgan fingerprint density at radius 1 is 0.439 bits per heavy atom. The molecule has 0 unspecified atom stereocenters. The fraction of sp³-hybridized carbons (Fsp3) is 0.122. The van der Waals surface area contributed by atoms with Crippen molar-refractivity contribution in [3.8, 4) is 33.4 Å². The van der Waals surface area contributed by atoms with E-state index in [0.717, 1.165) is 12.8 Å². The van der Waals surface area contributed by atoms with Gasteiger partial charge in [-0.15, -0.1) is 0 Å². The second-order valence-corrected chi connectivity index (χ2v) is 11.2. The minimum Gasteiger partial charge on any atom is -0.0651 e. The Morgan fingerprint density at radius 3 is 1.59 bits per heavy atom. The molecule has 0 saturated heterocycles. The molecule has 41 heavy (non-hydrogen) atoms. The van der Waals surface area contributed by atoms with Gasteiger partial charge in [0.25, 0.3) is 0 Å². The minimum absolute atomic E-state index is 0.359. The SMILES string of the molecule is CCCc1c(-c2ccc(C3(c4ccccc4)c4ccccc4-c4ccccc43)cc2)cccc1-c1ccccc1C. The molecule has 0 nitrogen and oxygen atoms in total. The Labute approximate surface area is 244 Å². The quantitative estimate of drug-likeness (QED) is 0.202. The summed E-state index contributed by atoms with van der Waals surface area (Å²) >= 11 is 0. The molecule has 0 saturated carbocycles. The number of benzene rings is 6. The van der Waals surface area contributed by atoms with E-state index in [-0.39, 0.29) is 5.41 Å². The van der Waals surface area contributed by atoms with Gasteiger partial charge in [-0.25, -0.2) is 0 Å². The zero-order valence-corrected chi connectivity index (χ0v) is 23.8. The van der Waals surface area contributed by atoms with E-state index in [1.807, 2.05) is 0 Å². The van der Waals surface area contributed by atoms with Gasteiger partial charge in [0.15, 0.2) is 0 Å². The van der Waals surface area contributed by atoms with Crippen LogP contribution in [0.4, 0.5) is 0 Å². The smallest absolute Gasteiger partial charge is 0.0651 e. The fourth-order valence-electron chi connectivity index (χ4n) is 7.12. The molecule has 0 N–H and O–H groups in total. The molecule has 0 heteroatoms. The first-order valence-electron chi connectivity index (χ1n) is 14.8. The summed E-state index contributed by atoms with van der Waals surface area (Å²) in [6.45, 7) is 4.49. The van der Waals surface area contributed by atoms with E-state index >= 15 is 0 Å². The lowest BCUT2D eigenvalue weighted by atomic mass is 9.67. The van der Waals surface area contributed by atoms with Crippen molar-refractivity contribution in [2.75, 3.05) is 0 Å². The number of rotatable bonds is 6. The molecule has 0 atom stereocenters. The molecule has 198 valence electrons. The molecule has 0 fully saturated rings. The molecule has 1 aliphatic carbocycles. The van der Waals surface area contributed by atoms with E-state index in [2.05, 4.69) is 159 Å². The molecule has 1 aliphatic rings. The second-order valence-electron chi connectivity index (χ2n) is 11.2. The standard InChI is InChI=1S/C41H34/c1-3-14-35-34(21-13-22-36(35)33-18-8-7-15-29(33)2)30-25-27-32(28-26-30)41(31-16-5-4-6-17-31)39-23-11-9-19-37(39)38-20-10-12-24-40(38)41/h4-13,15-28H,3,14H2,1-2H3. The largest absolute Gasteiger partial charge is 0.0713 e. The van der Waals surface area contributed by atoms with Crippen LogP contribution in [0.25, 0.3) is 33.4 Å². The van der Waals surface area contributed by atoms with E-state index < -0.39 is 0 Å². The number of hydrogen-bond donors (Lipinski definition) is 0. The topological polar surface area (TPSA) is 0 Å². The summed E-state index contributed by atoms with van der Waals surface area (Å²) in [5.41, 5.74) is 15.7. The third kappa shape index (κ3) is 3.98. The van der Waals surface area contributed by atoms with Gasteiger partial charge in [0, 0.05) is 0 Å². The predicted molar refractivity (Wildman–Crippen MR) is 173 cm³/mol. The van der Waals surface area contributed by atoms with Crippen LogP contribution in [0.15, 0.2) is 146 Å². The lowest BCUT2D eigenvalue weighted by Gasteiger charge is -2.34. The van der Waals surface area contributed by atoms with Crippen LogP contribution >= 0.6 is 0 Å². The van der Waals surface area contributed by atoms with Gasteiger partial charge in [0.05, 0.1) is 5.41 Å². The van der Waals surface area contributed by atoms with Gasteiger partial charge in [-0.3, -0.25) is 0 Å². The fourth-order valence-corrected chi connectivity index (χ4v) is 7.12. The summed E-state index contributed by atoms with van der Waals surface area (Å²) in [6, 6.07) is 53.9. The zero-order valence-electron chi connectivity index (χ0n) is 23.8. The lowest BCUT2D eigenvalue weighted by molar-refractivity contribution is 0.768. The van der Waals surface area contributed by atoms with Crippen LogP contribution in [0, 0.1) is 6.92 Å². The van der Waals surface area contributed by atoms with Crippen molar-refractivity contribution in [1.82, 2.24) is 0 Å². The summed E-state index contributed by atoms with van der Waals surface area (Å²) in [6.07, 6.45) is 2.16. The third-order valence-corrected chi connectivity index (χ3v) is 8.90. The number of fused-ring (bicyclic) bond motifs is 3. The van der Waals surface area contributed by atoms with Gasteiger partial charge in [0.2, 0.25) is 0 Å². The maximum absolute atomic E-state index is 2.37. The molecule has 6 aromatic carbocycles. The van der Waals surface area contributed by atoms with Crippen LogP contribution in [-0.4, -0.2) is 0 Å². The Hall–Kier alpha value is -4.68. The molecule has 6 aromatic rings. The molecular formula is C41H34. The molecule has 0 aliphatic heterocycles. The second kappa shape index (κ2) is 10.4. The minimum atomic E-state index is -0.359. The number of aryl methyl sites for hydroxylation is 1. The third-order valence-electron chi connectivity index (χ3n) is 8.90. The van der Waals surface area contributed by atoms with E-state index in [4.69, 9.17) is 0 Å². The summed E-state index contributed by atoms with van der Waals surface area (Å²) in [7, 11) is 0. The van der Waals surface area contributed by atoms with Gasteiger partial charge in [-0.2, -0.15) is 0 Å². The number of hydrogen-bond acceptors (Lipinski definition) is 0. The predicted octanol–water partition coefficient (Wildman–Crippen LogP) is 10.6. The van der Waals surface area contributed by atoms with Crippen LogP contribution in [0.5, 0.6) is 0 Å². The first kappa shape index (κ1) is 25.3. The average molecular weight is 527 g/mol. The van der Waals surface area contributed by atoms with Crippen LogP contribution in [0.2, 0.25) is 0 Å². The molecule has 0 amide bonds. The van der Waals surface area contributed by atoms with Gasteiger partial charge >= 0.3 is 0 Å². The van der Waals surface area contributed by atoms with Crippen molar-refractivity contribution in [2.45, 2.75) is 32.1 Å². The van der Waals surface area contributed by atoms with Crippen molar-refractivity contribution in [2.24, 2.45) is 0 Å². The maximum Gasteiger partial charge on any atom is 0.0713 e. The van der Waals surface area contributed by atoms with E-state index in [1.54, 1.807) is 0 Å². The Balaban J connectivity index is 1.43. The van der Waals surface area contributed by atoms with E-state index in [9.17, 15) is 0 Å². The summed E-state index contributed by atoms with van der Waals surface area (Å²) in [5, 5.41) is 0. The van der Waals surface area contributed by atoms with Crippen molar-refractivity contribution in [1.29, 1.82) is 0 Å². The van der Waals surface area contributed by atoms with Crippen molar-refractivity contribution < 1.29 is 0 Å². The Kier molecular flexibility index (Phi) is 6.40. The van der Waals surface area contributed by atoms with E-state index in [1.165, 1.54) is 66.8 Å². The highest BCUT2D eigenvalue weighted by Gasteiger charge is 2.45. The van der Waals surface area contributed by atoms with Crippen LogP contribution in [-0.2, 0) is 11.8 Å². The maximum atomic E-state index is 2.37. The van der Waals surface area contributed by atoms with Crippen LogP contribution in [0.3, 0.4) is 0 Å². The summed E-state index contributed by atoms with van der Waals surface area (Å²) in [4.78, 5) is 0. The van der Waals surface area contributed by atoms with Crippen LogP contribution in [0.1, 0.15) is 46.7 Å². The van der Waals surface area contributed by atoms with Gasteiger partial charge in [0.1, 0.15) is 0 Å². The zero-order chi connectivity index (χ0) is 27.8. The highest BCUT2D eigenvalue weighted by molar-refractivity contribution is 5.87. The van der Waals surface area contributed by atoms with Crippen molar-refractivity contribution in [3.63, 3.8) is 0 Å². The monoisotopic (exact) mass is 526 g/mol. The molecule has 0 bridgehead atoms. The van der Waals surface area contributed by atoms with E-state index in [0.29, 0.717) is 0 Å². The molecular weight excluding hydrogens is 492 g/mol. The normalized spacial score (nSPS) is 13.0. The summed E-state index contributed by atoms with van der Waals surface area (Å²) < 4.78 is 0. The van der Waals surface area contributed by atoms with Crippen molar-refractivity contribution in [3.05, 3.63) is 179 Å². The lowest BCUT2D eigenvalue weighted by Crippen LogP contribution is -2.28. The van der Waals surface area contributed by atoms with Crippen molar-refractivity contribution >= 4 is 0 Å². The highest BCUT2D eigenvalue weighted by atomic mass is 14.5. The Morgan fingerprint density at radius 2 is 0.951 bits per heavy atom. The molecule has 0 radical (unpaired) electrons. The molecule has 0 spiro atoms. The summed E-state index contributed by atoms with van der Waals surface area (Å²) in [5.74, 6) is 0. The van der Waals surface area contributed by atoms with Gasteiger partial charge < -0.3 is 0 Å². The average Bonchev–Trinajstić information content (AvgIpc) is 3.33. The molecule has 0 aromatic heterocycles. The first-order valence-corrected chi connectivity index (χ1v) is 14.8. The Bertz CT molecular complexity index is 1790. The van der Waals surface area contributed by atoms with Gasteiger partial charge in [-0.1, -0.05) is 159 Å².